The molecule has 0 heterocycles. The van der Waals surface area contributed by atoms with Crippen molar-refractivity contribution >= 4 is 66.3 Å². The van der Waals surface area contributed by atoms with E-state index in [2.05, 4.69) is 10.6 Å². The molecule has 0 aromatic heterocycles. The lowest BCUT2D eigenvalue weighted by Crippen LogP contribution is -2.38. The van der Waals surface area contributed by atoms with Crippen molar-refractivity contribution in [1.82, 2.24) is 0 Å². The van der Waals surface area contributed by atoms with Crippen LogP contribution < -0.4 is 22.1 Å². The zero-order valence-corrected chi connectivity index (χ0v) is 20.1. The number of amides is 2. The van der Waals surface area contributed by atoms with E-state index in [1.807, 2.05) is 84.9 Å². The Kier molecular flexibility index (Phi) is 7.82. The normalized spacial score (nSPS) is 12.8. The van der Waals surface area contributed by atoms with Crippen LogP contribution in [-0.2, 0) is 9.59 Å². The standard InChI is InChI=1S/C26H26N4O2S2/c27-25(31)23(29-21-11-9-17-5-1-3-7-19(17)13-21)15-33-34-16-24(26(28)32)30-22-12-10-18-6-2-4-8-20(18)14-22/h1-14,23-24,29-30H,15-16H2,(H2,27,31)(H2,28,32). The third-order valence-corrected chi connectivity index (χ3v) is 7.84. The van der Waals surface area contributed by atoms with Gasteiger partial charge in [0.25, 0.3) is 0 Å². The Hall–Kier alpha value is -3.36. The molecule has 174 valence electrons. The lowest BCUT2D eigenvalue weighted by atomic mass is 10.1. The summed E-state index contributed by atoms with van der Waals surface area (Å²) in [6.07, 6.45) is 0. The smallest absolute Gasteiger partial charge is 0.240 e. The zero-order valence-electron chi connectivity index (χ0n) is 18.4. The molecule has 2 atom stereocenters. The van der Waals surface area contributed by atoms with E-state index < -0.39 is 23.9 Å². The predicted octanol–water partition coefficient (Wildman–Crippen LogP) is 4.61. The molecule has 0 aliphatic rings. The Morgan fingerprint density at radius 1 is 0.618 bits per heavy atom. The Labute approximate surface area is 206 Å². The summed E-state index contributed by atoms with van der Waals surface area (Å²) in [6.45, 7) is 0. The second-order valence-corrected chi connectivity index (χ2v) is 10.4. The summed E-state index contributed by atoms with van der Waals surface area (Å²) in [5.41, 5.74) is 12.9. The number of hydrogen-bond acceptors (Lipinski definition) is 6. The molecule has 0 radical (unpaired) electrons. The van der Waals surface area contributed by atoms with Gasteiger partial charge in [0.05, 0.1) is 0 Å². The first-order valence-electron chi connectivity index (χ1n) is 10.8. The highest BCUT2D eigenvalue weighted by Gasteiger charge is 2.19. The average Bonchev–Trinajstić information content (AvgIpc) is 2.84. The molecule has 34 heavy (non-hydrogen) atoms. The minimum Gasteiger partial charge on any atom is -0.373 e. The Bertz CT molecular complexity index is 1210. The van der Waals surface area contributed by atoms with Crippen LogP contribution >= 0.6 is 21.6 Å². The molecule has 2 unspecified atom stereocenters. The number of rotatable bonds is 11. The van der Waals surface area contributed by atoms with Gasteiger partial charge >= 0.3 is 0 Å². The molecule has 0 bridgehead atoms. The Balaban J connectivity index is 1.32. The summed E-state index contributed by atoms with van der Waals surface area (Å²) in [6, 6.07) is 26.9. The molecule has 4 aromatic carbocycles. The van der Waals surface area contributed by atoms with E-state index in [4.69, 9.17) is 11.5 Å². The Morgan fingerprint density at radius 3 is 1.38 bits per heavy atom. The van der Waals surface area contributed by atoms with Crippen molar-refractivity contribution in [3.63, 3.8) is 0 Å². The fourth-order valence-corrected chi connectivity index (χ4v) is 5.94. The molecule has 2 amide bonds. The number of anilines is 2. The van der Waals surface area contributed by atoms with Crippen molar-refractivity contribution in [1.29, 1.82) is 0 Å². The number of hydrogen-bond donors (Lipinski definition) is 4. The van der Waals surface area contributed by atoms with Gasteiger partial charge in [0.1, 0.15) is 12.1 Å². The van der Waals surface area contributed by atoms with Crippen molar-refractivity contribution in [3.8, 4) is 0 Å². The van der Waals surface area contributed by atoms with Gasteiger partial charge < -0.3 is 22.1 Å². The van der Waals surface area contributed by atoms with E-state index in [9.17, 15) is 9.59 Å². The minimum absolute atomic E-state index is 0.429. The van der Waals surface area contributed by atoms with Gasteiger partial charge in [-0.25, -0.2) is 0 Å². The van der Waals surface area contributed by atoms with Gasteiger partial charge in [0.2, 0.25) is 11.8 Å². The van der Waals surface area contributed by atoms with Crippen molar-refractivity contribution in [2.24, 2.45) is 11.5 Å². The van der Waals surface area contributed by atoms with E-state index in [1.165, 1.54) is 21.6 Å². The van der Waals surface area contributed by atoms with Crippen LogP contribution in [0.4, 0.5) is 11.4 Å². The van der Waals surface area contributed by atoms with Gasteiger partial charge in [-0.3, -0.25) is 9.59 Å². The highest BCUT2D eigenvalue weighted by Crippen LogP contribution is 2.27. The summed E-state index contributed by atoms with van der Waals surface area (Å²) in [7, 11) is 2.95. The molecule has 0 aliphatic heterocycles. The van der Waals surface area contributed by atoms with Crippen LogP contribution in [0.25, 0.3) is 21.5 Å². The van der Waals surface area contributed by atoms with Crippen LogP contribution in [0.3, 0.4) is 0 Å². The fraction of sp³-hybridized carbons (Fsp3) is 0.154. The number of nitrogens with two attached hydrogens (primary N) is 2. The van der Waals surface area contributed by atoms with E-state index in [0.717, 1.165) is 32.9 Å². The predicted molar refractivity (Wildman–Crippen MR) is 146 cm³/mol. The molecule has 6 nitrogen and oxygen atoms in total. The van der Waals surface area contributed by atoms with Crippen molar-refractivity contribution in [3.05, 3.63) is 84.9 Å². The molecule has 0 saturated heterocycles. The van der Waals surface area contributed by atoms with Crippen LogP contribution in [0.2, 0.25) is 0 Å². The number of primary amides is 2. The number of benzene rings is 4. The maximum atomic E-state index is 12.0. The maximum absolute atomic E-state index is 12.0. The SMILES string of the molecule is NC(=O)C(CSSCC(Nc1ccc2ccccc2c1)C(N)=O)Nc1ccc2ccccc2c1. The largest absolute Gasteiger partial charge is 0.373 e. The third-order valence-electron chi connectivity index (χ3n) is 5.42. The molecule has 8 heteroatoms. The van der Waals surface area contributed by atoms with Crippen LogP contribution in [0.1, 0.15) is 0 Å². The van der Waals surface area contributed by atoms with E-state index in [0.29, 0.717) is 11.5 Å². The first-order chi connectivity index (χ1) is 16.5. The first kappa shape index (κ1) is 23.8. The monoisotopic (exact) mass is 490 g/mol. The first-order valence-corrected chi connectivity index (χ1v) is 13.3. The molecule has 6 N–H and O–H groups in total. The minimum atomic E-state index is -0.542. The molecular formula is C26H26N4O2S2. The molecule has 0 fully saturated rings. The number of nitrogens with one attached hydrogen (secondary N) is 2. The van der Waals surface area contributed by atoms with Gasteiger partial charge in [-0.1, -0.05) is 82.3 Å². The maximum Gasteiger partial charge on any atom is 0.240 e. The highest BCUT2D eigenvalue weighted by molar-refractivity contribution is 8.76. The summed E-state index contributed by atoms with van der Waals surface area (Å²) in [5.74, 6) is 0.0479. The van der Waals surface area contributed by atoms with Gasteiger partial charge in [-0.05, 0) is 45.8 Å². The van der Waals surface area contributed by atoms with Gasteiger partial charge in [0, 0.05) is 22.9 Å². The lowest BCUT2D eigenvalue weighted by Gasteiger charge is -2.19. The second-order valence-electron chi connectivity index (χ2n) is 7.89. The molecule has 4 aromatic rings. The third kappa shape index (κ3) is 6.15. The lowest BCUT2D eigenvalue weighted by molar-refractivity contribution is -0.119. The summed E-state index contributed by atoms with van der Waals surface area (Å²) in [4.78, 5) is 24.0. The van der Waals surface area contributed by atoms with Crippen LogP contribution in [0.5, 0.6) is 0 Å². The molecule has 4 rings (SSSR count). The van der Waals surface area contributed by atoms with Crippen LogP contribution in [0, 0.1) is 0 Å². The average molecular weight is 491 g/mol. The molecule has 0 aliphatic carbocycles. The fourth-order valence-electron chi connectivity index (χ4n) is 3.58. The van der Waals surface area contributed by atoms with E-state index >= 15 is 0 Å². The van der Waals surface area contributed by atoms with Gasteiger partial charge in [-0.15, -0.1) is 0 Å². The van der Waals surface area contributed by atoms with Crippen molar-refractivity contribution in [2.45, 2.75) is 12.1 Å². The second kappa shape index (κ2) is 11.2. The summed E-state index contributed by atoms with van der Waals surface area (Å²) < 4.78 is 0. The molecular weight excluding hydrogens is 464 g/mol. The van der Waals surface area contributed by atoms with E-state index in [-0.39, 0.29) is 0 Å². The van der Waals surface area contributed by atoms with Gasteiger partial charge in [0.15, 0.2) is 0 Å². The number of carbonyl (C=O) groups excluding carboxylic acids is 2. The quantitative estimate of drug-likeness (QED) is 0.181. The zero-order chi connectivity index (χ0) is 23.9. The highest BCUT2D eigenvalue weighted by atomic mass is 33.1. The van der Waals surface area contributed by atoms with Crippen LogP contribution in [0.15, 0.2) is 84.9 Å². The number of carbonyl (C=O) groups is 2. The number of fused-ring (bicyclic) bond motifs is 2. The molecule has 0 saturated carbocycles. The van der Waals surface area contributed by atoms with E-state index in [1.54, 1.807) is 0 Å². The summed E-state index contributed by atoms with van der Waals surface area (Å²) >= 11 is 0. The Morgan fingerprint density at radius 2 is 1.00 bits per heavy atom. The van der Waals surface area contributed by atoms with Gasteiger partial charge in [-0.2, -0.15) is 0 Å². The van der Waals surface area contributed by atoms with Crippen LogP contribution in [-0.4, -0.2) is 35.4 Å². The van der Waals surface area contributed by atoms with Crippen molar-refractivity contribution < 1.29 is 9.59 Å². The van der Waals surface area contributed by atoms with Crippen molar-refractivity contribution in [2.75, 3.05) is 22.1 Å². The topological polar surface area (TPSA) is 110 Å². The molecule has 0 spiro atoms. The summed E-state index contributed by atoms with van der Waals surface area (Å²) in [5, 5.41) is 10.9.